The van der Waals surface area contributed by atoms with E-state index < -0.39 is 10.9 Å². The third-order valence-corrected chi connectivity index (χ3v) is 3.19. The Morgan fingerprint density at radius 1 is 1.43 bits per heavy atom. The number of fused-ring (bicyclic) bond motifs is 1. The molecule has 2 aromatic rings. The van der Waals surface area contributed by atoms with Gasteiger partial charge in [0.15, 0.2) is 0 Å². The summed E-state index contributed by atoms with van der Waals surface area (Å²) in [6.07, 6.45) is 1.58. The number of esters is 1. The minimum atomic E-state index is -0.447. The second kappa shape index (κ2) is 6.17. The summed E-state index contributed by atoms with van der Waals surface area (Å²) in [5.74, 6) is -0.447. The number of likely N-dealkylation sites (N-methyl/N-ethyl adjacent to an activating group) is 1. The average molecular weight is 289 g/mol. The number of carbonyl (C=O) groups is 1. The van der Waals surface area contributed by atoms with E-state index in [1.54, 1.807) is 35.4 Å². The molecule has 2 rings (SSSR count). The number of nitrogens with zero attached hydrogens (tertiary/aromatic N) is 3. The molecule has 0 aliphatic rings. The van der Waals surface area contributed by atoms with Crippen molar-refractivity contribution in [3.8, 4) is 0 Å². The first-order chi connectivity index (χ1) is 10.1. The Bertz CT molecular complexity index is 687. The lowest BCUT2D eigenvalue weighted by Gasteiger charge is -2.21. The van der Waals surface area contributed by atoms with Gasteiger partial charge < -0.3 is 9.64 Å². The summed E-state index contributed by atoms with van der Waals surface area (Å²) < 4.78 is 4.63. The number of benzene rings is 1. The first-order valence-corrected chi connectivity index (χ1v) is 6.42. The summed E-state index contributed by atoms with van der Waals surface area (Å²) >= 11 is 0. The highest BCUT2D eigenvalue weighted by Crippen LogP contribution is 2.34. The Kier molecular flexibility index (Phi) is 4.32. The fourth-order valence-electron chi connectivity index (χ4n) is 2.16. The quantitative estimate of drug-likeness (QED) is 0.476. The van der Waals surface area contributed by atoms with Crippen molar-refractivity contribution in [3.63, 3.8) is 0 Å². The number of hydrogen-bond acceptors (Lipinski definition) is 6. The molecular formula is C14H15N3O4. The van der Waals surface area contributed by atoms with E-state index in [0.717, 1.165) is 0 Å². The Labute approximate surface area is 121 Å². The number of ether oxygens (including phenoxy) is 1. The lowest BCUT2D eigenvalue weighted by molar-refractivity contribution is -0.382. The van der Waals surface area contributed by atoms with Crippen LogP contribution in [0.15, 0.2) is 30.5 Å². The second-order valence-electron chi connectivity index (χ2n) is 4.35. The van der Waals surface area contributed by atoms with Crippen LogP contribution in [0, 0.1) is 10.1 Å². The van der Waals surface area contributed by atoms with E-state index in [0.29, 0.717) is 23.1 Å². The molecule has 0 N–H and O–H groups in total. The van der Waals surface area contributed by atoms with E-state index in [4.69, 9.17) is 0 Å². The molecule has 7 nitrogen and oxygen atoms in total. The molecule has 0 atom stereocenters. The molecule has 0 aliphatic heterocycles. The highest BCUT2D eigenvalue weighted by molar-refractivity contribution is 5.95. The first kappa shape index (κ1) is 14.7. The van der Waals surface area contributed by atoms with Crippen molar-refractivity contribution in [1.82, 2.24) is 4.98 Å². The summed E-state index contributed by atoms with van der Waals surface area (Å²) in [4.78, 5) is 28.2. The summed E-state index contributed by atoms with van der Waals surface area (Å²) in [5.41, 5.74) is 0.877. The van der Waals surface area contributed by atoms with Gasteiger partial charge in [-0.1, -0.05) is 0 Å². The van der Waals surface area contributed by atoms with Crippen LogP contribution in [0.25, 0.3) is 10.9 Å². The van der Waals surface area contributed by atoms with E-state index in [2.05, 4.69) is 9.72 Å². The molecule has 110 valence electrons. The molecule has 0 spiro atoms. The number of anilines is 1. The zero-order chi connectivity index (χ0) is 15.4. The van der Waals surface area contributed by atoms with Crippen LogP contribution in [0.5, 0.6) is 0 Å². The summed E-state index contributed by atoms with van der Waals surface area (Å²) in [7, 11) is 1.29. The van der Waals surface area contributed by atoms with Crippen molar-refractivity contribution in [2.24, 2.45) is 0 Å². The largest absolute Gasteiger partial charge is 0.468 e. The van der Waals surface area contributed by atoms with Crippen LogP contribution in [0.1, 0.15) is 6.92 Å². The zero-order valence-electron chi connectivity index (χ0n) is 11.8. The van der Waals surface area contributed by atoms with E-state index in [1.165, 1.54) is 7.11 Å². The molecule has 1 heterocycles. The predicted octanol–water partition coefficient (Wildman–Crippen LogP) is 2.14. The Morgan fingerprint density at radius 2 is 2.19 bits per heavy atom. The van der Waals surface area contributed by atoms with Gasteiger partial charge in [-0.3, -0.25) is 19.9 Å². The topological polar surface area (TPSA) is 85.6 Å². The van der Waals surface area contributed by atoms with Crippen LogP contribution in [-0.2, 0) is 9.53 Å². The van der Waals surface area contributed by atoms with Gasteiger partial charge in [-0.05, 0) is 31.2 Å². The molecule has 21 heavy (non-hydrogen) atoms. The lowest BCUT2D eigenvalue weighted by Crippen LogP contribution is -2.30. The summed E-state index contributed by atoms with van der Waals surface area (Å²) in [6.45, 7) is 2.22. The number of methoxy groups -OCH3 is 1. The molecule has 0 aliphatic carbocycles. The van der Waals surface area contributed by atoms with Crippen molar-refractivity contribution in [2.75, 3.05) is 25.1 Å². The molecule has 0 fully saturated rings. The molecule has 0 amide bonds. The van der Waals surface area contributed by atoms with Crippen LogP contribution in [-0.4, -0.2) is 36.1 Å². The van der Waals surface area contributed by atoms with Crippen molar-refractivity contribution >= 4 is 28.2 Å². The van der Waals surface area contributed by atoms with Gasteiger partial charge in [0, 0.05) is 12.7 Å². The van der Waals surface area contributed by atoms with Crippen molar-refractivity contribution < 1.29 is 14.5 Å². The molecule has 1 aromatic carbocycles. The number of rotatable bonds is 5. The van der Waals surface area contributed by atoms with Crippen LogP contribution < -0.4 is 4.90 Å². The van der Waals surface area contributed by atoms with Crippen molar-refractivity contribution in [3.05, 3.63) is 40.6 Å². The monoisotopic (exact) mass is 289 g/mol. The van der Waals surface area contributed by atoms with Gasteiger partial charge in [0.2, 0.25) is 0 Å². The minimum absolute atomic E-state index is 0.0421. The molecule has 0 saturated carbocycles. The minimum Gasteiger partial charge on any atom is -0.468 e. The smallest absolute Gasteiger partial charge is 0.325 e. The number of nitro groups is 1. The zero-order valence-corrected chi connectivity index (χ0v) is 11.8. The van der Waals surface area contributed by atoms with Gasteiger partial charge in [0.25, 0.3) is 0 Å². The average Bonchev–Trinajstić information content (AvgIpc) is 2.50. The number of aromatic nitrogens is 1. The summed E-state index contributed by atoms with van der Waals surface area (Å²) in [5, 5.41) is 11.9. The maximum absolute atomic E-state index is 11.5. The van der Waals surface area contributed by atoms with Crippen LogP contribution in [0.4, 0.5) is 11.4 Å². The van der Waals surface area contributed by atoms with E-state index in [9.17, 15) is 14.9 Å². The Hall–Kier alpha value is -2.70. The molecule has 7 heteroatoms. The van der Waals surface area contributed by atoms with Crippen molar-refractivity contribution in [2.45, 2.75) is 6.92 Å². The van der Waals surface area contributed by atoms with E-state index >= 15 is 0 Å². The maximum Gasteiger partial charge on any atom is 0.325 e. The molecular weight excluding hydrogens is 274 g/mol. The highest BCUT2D eigenvalue weighted by atomic mass is 16.6. The number of hydrogen-bond donors (Lipinski definition) is 0. The van der Waals surface area contributed by atoms with Crippen molar-refractivity contribution in [1.29, 1.82) is 0 Å². The second-order valence-corrected chi connectivity index (χ2v) is 4.35. The molecule has 0 unspecified atom stereocenters. The lowest BCUT2D eigenvalue weighted by atomic mass is 10.1. The van der Waals surface area contributed by atoms with Gasteiger partial charge >= 0.3 is 11.7 Å². The van der Waals surface area contributed by atoms with E-state index in [-0.39, 0.29) is 12.2 Å². The highest BCUT2D eigenvalue weighted by Gasteiger charge is 2.24. The van der Waals surface area contributed by atoms with E-state index in [1.807, 2.05) is 6.92 Å². The van der Waals surface area contributed by atoms with Gasteiger partial charge in [0.1, 0.15) is 12.2 Å². The normalized spacial score (nSPS) is 10.4. The van der Waals surface area contributed by atoms with Crippen LogP contribution >= 0.6 is 0 Å². The summed E-state index contributed by atoms with van der Waals surface area (Å²) in [6, 6.07) is 6.61. The SMILES string of the molecule is CCN(CC(=O)OC)c1ccc2ncccc2c1[N+](=O)[O-]. The van der Waals surface area contributed by atoms with Crippen LogP contribution in [0.3, 0.4) is 0 Å². The Morgan fingerprint density at radius 3 is 2.81 bits per heavy atom. The number of nitro benzene ring substituents is 1. The third-order valence-electron chi connectivity index (χ3n) is 3.19. The Balaban J connectivity index is 2.59. The molecule has 0 bridgehead atoms. The fraction of sp³-hybridized carbons (Fsp3) is 0.286. The maximum atomic E-state index is 11.5. The van der Waals surface area contributed by atoms with Crippen LogP contribution in [0.2, 0.25) is 0 Å². The van der Waals surface area contributed by atoms with Gasteiger partial charge in [-0.25, -0.2) is 0 Å². The van der Waals surface area contributed by atoms with Gasteiger partial charge in [0.05, 0.1) is 22.9 Å². The standard InChI is InChI=1S/C14H15N3O4/c1-3-16(9-13(18)21-2)12-7-6-11-10(5-4-8-15-11)14(12)17(19)20/h4-8H,3,9H2,1-2H3. The predicted molar refractivity (Wildman–Crippen MR) is 78.3 cm³/mol. The number of pyridine rings is 1. The molecule has 1 aromatic heterocycles. The molecule has 0 saturated heterocycles. The first-order valence-electron chi connectivity index (χ1n) is 6.42. The fourth-order valence-corrected chi connectivity index (χ4v) is 2.16. The molecule has 0 radical (unpaired) electrons. The number of carbonyl (C=O) groups excluding carboxylic acids is 1. The van der Waals surface area contributed by atoms with Gasteiger partial charge in [-0.15, -0.1) is 0 Å². The third kappa shape index (κ3) is 2.91. The van der Waals surface area contributed by atoms with Gasteiger partial charge in [-0.2, -0.15) is 0 Å².